The summed E-state index contributed by atoms with van der Waals surface area (Å²) in [5.74, 6) is -1.51. The first kappa shape index (κ1) is 24.1. The number of rotatable bonds is 13. The van der Waals surface area contributed by atoms with Gasteiger partial charge in [-0.3, -0.25) is 4.79 Å². The number of anilines is 1. The summed E-state index contributed by atoms with van der Waals surface area (Å²) in [6.45, 7) is -0.749. The first-order chi connectivity index (χ1) is 13.7. The summed E-state index contributed by atoms with van der Waals surface area (Å²) in [5, 5.41) is 18.3. The fourth-order valence-corrected chi connectivity index (χ4v) is 2.89. The molecule has 0 aliphatic rings. The normalized spacial score (nSPS) is 11.2. The zero-order valence-corrected chi connectivity index (χ0v) is 16.6. The van der Waals surface area contributed by atoms with Crippen LogP contribution in [0.1, 0.15) is 16.8 Å². The lowest BCUT2D eigenvalue weighted by Gasteiger charge is -2.14. The van der Waals surface area contributed by atoms with Gasteiger partial charge in [0.2, 0.25) is 0 Å². The number of hydrogen-bond donors (Lipinski definition) is 1. The van der Waals surface area contributed by atoms with Crippen molar-refractivity contribution in [2.45, 2.75) is 12.5 Å². The topological polar surface area (TPSA) is 183 Å². The molecule has 0 aromatic heterocycles. The molecular formula is C14H17N3O10S2. The molecule has 0 amide bonds. The molecule has 1 rings (SSSR count). The van der Waals surface area contributed by atoms with Crippen LogP contribution in [0.15, 0.2) is 18.2 Å². The van der Waals surface area contributed by atoms with Gasteiger partial charge in [0.05, 0.1) is 6.42 Å². The molecule has 1 unspecified atom stereocenters. The molecule has 0 saturated carbocycles. The van der Waals surface area contributed by atoms with E-state index in [0.29, 0.717) is 5.75 Å². The van der Waals surface area contributed by atoms with Crippen LogP contribution in [0.4, 0.5) is 5.69 Å². The number of hydrogen-bond acceptors (Lipinski definition) is 13. The summed E-state index contributed by atoms with van der Waals surface area (Å²) < 4.78 is 10.1. The Bertz CT molecular complexity index is 748. The molecule has 0 aliphatic carbocycles. The Labute approximate surface area is 171 Å². The Kier molecular flexibility index (Phi) is 10.4. The standard InChI is InChI=1S/C14H17N3O10S2/c1-28-29-5-4-24-14(19)11-3-2-9(15)6-12(11)26-13(18)7-10(27-17(22)23)8-25-16(20)21/h2-3,6,10H,4-5,7-8,15H2,1H3. The van der Waals surface area contributed by atoms with Crippen LogP contribution in [-0.2, 0) is 19.2 Å². The van der Waals surface area contributed by atoms with Crippen LogP contribution in [-0.4, -0.2) is 53.4 Å². The molecule has 0 aliphatic heterocycles. The second-order valence-electron chi connectivity index (χ2n) is 5.03. The van der Waals surface area contributed by atoms with Crippen LogP contribution in [0.3, 0.4) is 0 Å². The fraction of sp³-hybridized carbons (Fsp3) is 0.429. The van der Waals surface area contributed by atoms with E-state index < -0.39 is 41.2 Å². The lowest BCUT2D eigenvalue weighted by Crippen LogP contribution is -2.29. The zero-order chi connectivity index (χ0) is 21.8. The average Bonchev–Trinajstić information content (AvgIpc) is 2.62. The summed E-state index contributed by atoms with van der Waals surface area (Å²) in [7, 11) is 2.99. The largest absolute Gasteiger partial charge is 0.461 e. The minimum Gasteiger partial charge on any atom is -0.461 e. The quantitative estimate of drug-likeness (QED) is 0.0866. The predicted octanol–water partition coefficient (Wildman–Crippen LogP) is 1.52. The van der Waals surface area contributed by atoms with Gasteiger partial charge in [-0.2, -0.15) is 0 Å². The number of benzene rings is 1. The first-order valence-electron chi connectivity index (χ1n) is 7.74. The van der Waals surface area contributed by atoms with Gasteiger partial charge in [-0.15, -0.1) is 20.2 Å². The van der Waals surface area contributed by atoms with E-state index in [1.54, 1.807) is 0 Å². The molecule has 1 aromatic carbocycles. The highest BCUT2D eigenvalue weighted by atomic mass is 33.1. The molecule has 1 atom stereocenters. The highest BCUT2D eigenvalue weighted by molar-refractivity contribution is 8.76. The van der Waals surface area contributed by atoms with Crippen molar-refractivity contribution in [3.63, 3.8) is 0 Å². The van der Waals surface area contributed by atoms with Crippen molar-refractivity contribution in [2.24, 2.45) is 0 Å². The number of nitrogens with zero attached hydrogens (tertiary/aromatic N) is 2. The number of carbonyl (C=O) groups is 2. The smallest absolute Gasteiger partial charge is 0.341 e. The third-order valence-corrected chi connectivity index (χ3v) is 4.74. The van der Waals surface area contributed by atoms with Crippen LogP contribution < -0.4 is 10.5 Å². The van der Waals surface area contributed by atoms with Crippen LogP contribution >= 0.6 is 21.6 Å². The molecule has 0 heterocycles. The Morgan fingerprint density at radius 2 is 1.97 bits per heavy atom. The molecule has 1 aromatic rings. The zero-order valence-electron chi connectivity index (χ0n) is 15.0. The highest BCUT2D eigenvalue weighted by Crippen LogP contribution is 2.24. The summed E-state index contributed by atoms with van der Waals surface area (Å²) in [6, 6.07) is 3.89. The maximum Gasteiger partial charge on any atom is 0.341 e. The molecule has 160 valence electrons. The summed E-state index contributed by atoms with van der Waals surface area (Å²) in [6.07, 6.45) is -0.484. The Hall–Kier alpha value is -2.94. The van der Waals surface area contributed by atoms with E-state index in [1.807, 2.05) is 6.26 Å². The fourth-order valence-electron chi connectivity index (χ4n) is 1.86. The molecular weight excluding hydrogens is 434 g/mol. The van der Waals surface area contributed by atoms with E-state index in [9.17, 15) is 29.8 Å². The number of ether oxygens (including phenoxy) is 2. The summed E-state index contributed by atoms with van der Waals surface area (Å²) in [4.78, 5) is 53.1. The van der Waals surface area contributed by atoms with E-state index >= 15 is 0 Å². The summed E-state index contributed by atoms with van der Waals surface area (Å²) in [5.41, 5.74) is 5.72. The average molecular weight is 451 g/mol. The molecule has 0 radical (unpaired) electrons. The van der Waals surface area contributed by atoms with Crippen molar-refractivity contribution in [1.82, 2.24) is 0 Å². The molecule has 2 N–H and O–H groups in total. The predicted molar refractivity (Wildman–Crippen MR) is 102 cm³/mol. The molecule has 0 bridgehead atoms. The van der Waals surface area contributed by atoms with Crippen molar-refractivity contribution in [1.29, 1.82) is 0 Å². The van der Waals surface area contributed by atoms with Crippen molar-refractivity contribution < 1.29 is 38.9 Å². The van der Waals surface area contributed by atoms with Crippen molar-refractivity contribution in [3.8, 4) is 5.75 Å². The van der Waals surface area contributed by atoms with Gasteiger partial charge in [-0.1, -0.05) is 21.6 Å². The molecule has 0 fully saturated rings. The highest BCUT2D eigenvalue weighted by Gasteiger charge is 2.23. The number of carbonyl (C=O) groups excluding carboxylic acids is 2. The Morgan fingerprint density at radius 3 is 2.59 bits per heavy atom. The lowest BCUT2D eigenvalue weighted by atomic mass is 10.2. The second kappa shape index (κ2) is 12.5. The maximum absolute atomic E-state index is 12.2. The third-order valence-electron chi connectivity index (χ3n) is 2.96. The van der Waals surface area contributed by atoms with Gasteiger partial charge in [-0.05, 0) is 18.4 Å². The first-order valence-corrected chi connectivity index (χ1v) is 10.5. The van der Waals surface area contributed by atoms with E-state index in [0.717, 1.165) is 0 Å². The van der Waals surface area contributed by atoms with Crippen molar-refractivity contribution >= 4 is 39.2 Å². The van der Waals surface area contributed by atoms with Crippen LogP contribution in [0.2, 0.25) is 0 Å². The maximum atomic E-state index is 12.2. The Balaban J connectivity index is 2.82. The number of esters is 2. The second-order valence-corrected chi connectivity index (χ2v) is 7.71. The van der Waals surface area contributed by atoms with Gasteiger partial charge >= 0.3 is 11.9 Å². The summed E-state index contributed by atoms with van der Waals surface area (Å²) >= 11 is 0. The van der Waals surface area contributed by atoms with Gasteiger partial charge in [0, 0.05) is 17.5 Å². The molecule has 15 heteroatoms. The van der Waals surface area contributed by atoms with Crippen molar-refractivity contribution in [3.05, 3.63) is 44.0 Å². The van der Waals surface area contributed by atoms with Crippen LogP contribution in [0.25, 0.3) is 0 Å². The molecule has 0 saturated heterocycles. The van der Waals surface area contributed by atoms with E-state index in [1.165, 1.54) is 39.8 Å². The monoisotopic (exact) mass is 451 g/mol. The minimum absolute atomic E-state index is 0.0880. The number of nitrogens with two attached hydrogens (primary N) is 1. The van der Waals surface area contributed by atoms with Gasteiger partial charge in [0.15, 0.2) is 0 Å². The molecule has 29 heavy (non-hydrogen) atoms. The van der Waals surface area contributed by atoms with Crippen molar-refractivity contribution in [2.75, 3.05) is 31.0 Å². The SMILES string of the molecule is CSSCCOC(=O)c1ccc(N)cc1OC(=O)CC(CO[N+](=O)[O-])O[N+](=O)[O-]. The van der Waals surface area contributed by atoms with Gasteiger partial charge in [-0.25, -0.2) is 4.79 Å². The van der Waals surface area contributed by atoms with Gasteiger partial charge in [0.1, 0.15) is 30.6 Å². The Morgan fingerprint density at radius 1 is 1.24 bits per heavy atom. The van der Waals surface area contributed by atoms with Gasteiger partial charge in [0.25, 0.3) is 10.2 Å². The number of nitrogen functional groups attached to an aromatic ring is 1. The van der Waals surface area contributed by atoms with E-state index in [2.05, 4.69) is 9.68 Å². The van der Waals surface area contributed by atoms with Crippen LogP contribution in [0.5, 0.6) is 5.75 Å². The van der Waals surface area contributed by atoms with Gasteiger partial charge < -0.3 is 24.9 Å². The molecule has 13 nitrogen and oxygen atoms in total. The third kappa shape index (κ3) is 9.70. The minimum atomic E-state index is -1.59. The molecule has 0 spiro atoms. The van der Waals surface area contributed by atoms with E-state index in [4.69, 9.17) is 15.2 Å². The van der Waals surface area contributed by atoms with Crippen LogP contribution in [0, 0.1) is 20.2 Å². The van der Waals surface area contributed by atoms with E-state index in [-0.39, 0.29) is 23.6 Å². The lowest BCUT2D eigenvalue weighted by molar-refractivity contribution is -0.789.